The van der Waals surface area contributed by atoms with E-state index < -0.39 is 0 Å². The summed E-state index contributed by atoms with van der Waals surface area (Å²) in [4.78, 5) is 21.0. The van der Waals surface area contributed by atoms with Gasteiger partial charge in [0.05, 0.1) is 22.8 Å². The van der Waals surface area contributed by atoms with Gasteiger partial charge in [-0.15, -0.1) is 0 Å². The third-order valence-electron chi connectivity index (χ3n) is 3.03. The molecule has 3 aromatic rings. The topological polar surface area (TPSA) is 73.6 Å². The number of hydrogen-bond acceptors (Lipinski definition) is 3. The zero-order chi connectivity index (χ0) is 13.2. The highest BCUT2D eigenvalue weighted by Crippen LogP contribution is 2.20. The van der Waals surface area contributed by atoms with Crippen molar-refractivity contribution in [3.8, 4) is 0 Å². The van der Waals surface area contributed by atoms with Gasteiger partial charge in [0.1, 0.15) is 0 Å². The highest BCUT2D eigenvalue weighted by atomic mass is 16.1. The molecule has 1 aromatic carbocycles. The molecule has 0 aliphatic carbocycles. The van der Waals surface area contributed by atoms with E-state index in [0.717, 1.165) is 22.4 Å². The highest BCUT2D eigenvalue weighted by Gasteiger charge is 2.07. The second-order valence-electron chi connectivity index (χ2n) is 4.46. The Morgan fingerprint density at radius 2 is 2.00 bits per heavy atom. The van der Waals surface area contributed by atoms with Crippen LogP contribution in [0.3, 0.4) is 0 Å². The molecule has 1 atom stereocenters. The van der Waals surface area contributed by atoms with E-state index in [0.29, 0.717) is 0 Å². The number of fused-ring (bicyclic) bond motifs is 1. The average molecular weight is 254 g/mol. The summed E-state index contributed by atoms with van der Waals surface area (Å²) in [6, 6.07) is 11.7. The summed E-state index contributed by atoms with van der Waals surface area (Å²) >= 11 is 0. The summed E-state index contributed by atoms with van der Waals surface area (Å²) in [7, 11) is 0. The first-order valence-corrected chi connectivity index (χ1v) is 6.12. The molecule has 19 heavy (non-hydrogen) atoms. The molecule has 3 N–H and O–H groups in total. The van der Waals surface area contributed by atoms with Crippen molar-refractivity contribution in [2.75, 3.05) is 5.32 Å². The minimum Gasteiger partial charge on any atom is -0.377 e. The lowest BCUT2D eigenvalue weighted by molar-refractivity contribution is 0.840. The van der Waals surface area contributed by atoms with Gasteiger partial charge in [-0.25, -0.2) is 4.79 Å². The molecule has 0 aliphatic rings. The fourth-order valence-corrected chi connectivity index (χ4v) is 2.08. The van der Waals surface area contributed by atoms with Gasteiger partial charge in [-0.05, 0) is 37.3 Å². The van der Waals surface area contributed by atoms with E-state index >= 15 is 0 Å². The van der Waals surface area contributed by atoms with Gasteiger partial charge in [-0.3, -0.25) is 4.98 Å². The Hall–Kier alpha value is -2.56. The van der Waals surface area contributed by atoms with Gasteiger partial charge in [0.2, 0.25) is 0 Å². The predicted molar refractivity (Wildman–Crippen MR) is 75.2 cm³/mol. The van der Waals surface area contributed by atoms with Crippen LogP contribution in [0.4, 0.5) is 5.69 Å². The molecule has 2 aromatic heterocycles. The van der Waals surface area contributed by atoms with Crippen LogP contribution in [-0.4, -0.2) is 15.0 Å². The lowest BCUT2D eigenvalue weighted by Crippen LogP contribution is -2.07. The SMILES string of the molecule is CC(Nc1ccc2[nH]c(=O)[nH]c2c1)c1ccccn1. The van der Waals surface area contributed by atoms with Gasteiger partial charge in [0.25, 0.3) is 0 Å². The van der Waals surface area contributed by atoms with E-state index in [2.05, 4.69) is 20.3 Å². The van der Waals surface area contributed by atoms with Crippen LogP contribution >= 0.6 is 0 Å². The second-order valence-corrected chi connectivity index (χ2v) is 4.46. The molecule has 0 aliphatic heterocycles. The second kappa shape index (κ2) is 4.61. The lowest BCUT2D eigenvalue weighted by Gasteiger charge is -2.14. The van der Waals surface area contributed by atoms with E-state index in [-0.39, 0.29) is 11.7 Å². The molecule has 96 valence electrons. The highest BCUT2D eigenvalue weighted by molar-refractivity contribution is 5.78. The first-order valence-electron chi connectivity index (χ1n) is 6.12. The van der Waals surface area contributed by atoms with Crippen molar-refractivity contribution in [2.24, 2.45) is 0 Å². The van der Waals surface area contributed by atoms with Crippen molar-refractivity contribution in [2.45, 2.75) is 13.0 Å². The Labute approximate surface area is 109 Å². The zero-order valence-electron chi connectivity index (χ0n) is 10.5. The number of H-pyrrole nitrogens is 2. The number of pyridine rings is 1. The molecule has 0 spiro atoms. The number of benzene rings is 1. The Balaban J connectivity index is 1.87. The van der Waals surface area contributed by atoms with Crippen LogP contribution in [0.25, 0.3) is 11.0 Å². The van der Waals surface area contributed by atoms with Crippen molar-refractivity contribution >= 4 is 16.7 Å². The normalized spacial score (nSPS) is 12.5. The third kappa shape index (κ3) is 2.35. The van der Waals surface area contributed by atoms with Crippen LogP contribution < -0.4 is 11.0 Å². The molecule has 3 rings (SSSR count). The molecule has 0 saturated carbocycles. The number of rotatable bonds is 3. The van der Waals surface area contributed by atoms with E-state index in [9.17, 15) is 4.79 Å². The number of imidazole rings is 1. The summed E-state index contributed by atoms with van der Waals surface area (Å²) in [5.74, 6) is 0. The van der Waals surface area contributed by atoms with Gasteiger partial charge in [0, 0.05) is 11.9 Å². The predicted octanol–water partition coefficient (Wildman–Crippen LogP) is 2.42. The Kier molecular flexibility index (Phi) is 2.79. The maximum absolute atomic E-state index is 11.2. The van der Waals surface area contributed by atoms with Crippen LogP contribution in [0.2, 0.25) is 0 Å². The summed E-state index contributed by atoms with van der Waals surface area (Å²) in [5, 5.41) is 3.36. The van der Waals surface area contributed by atoms with Crippen molar-refractivity contribution in [3.63, 3.8) is 0 Å². The molecule has 0 bridgehead atoms. The summed E-state index contributed by atoms with van der Waals surface area (Å²) in [6.45, 7) is 2.05. The summed E-state index contributed by atoms with van der Waals surface area (Å²) in [5.41, 5.74) is 3.33. The van der Waals surface area contributed by atoms with Gasteiger partial charge in [-0.2, -0.15) is 0 Å². The smallest absolute Gasteiger partial charge is 0.323 e. The first kappa shape index (κ1) is 11.5. The van der Waals surface area contributed by atoms with Crippen molar-refractivity contribution < 1.29 is 0 Å². The summed E-state index contributed by atoms with van der Waals surface area (Å²) in [6.07, 6.45) is 1.78. The van der Waals surface area contributed by atoms with Crippen molar-refractivity contribution in [3.05, 3.63) is 58.8 Å². The van der Waals surface area contributed by atoms with E-state index in [1.54, 1.807) is 6.20 Å². The van der Waals surface area contributed by atoms with Crippen LogP contribution in [0.15, 0.2) is 47.4 Å². The van der Waals surface area contributed by atoms with E-state index in [1.807, 2.05) is 43.3 Å². The van der Waals surface area contributed by atoms with Gasteiger partial charge in [0.15, 0.2) is 0 Å². The van der Waals surface area contributed by atoms with Crippen molar-refractivity contribution in [1.29, 1.82) is 0 Å². The standard InChI is InChI=1S/C14H14N4O/c1-9(11-4-2-3-7-15-11)16-10-5-6-12-13(8-10)18-14(19)17-12/h2-9,16H,1H3,(H2,17,18,19). The number of aromatic amines is 2. The average Bonchev–Trinajstić information content (AvgIpc) is 2.79. The molecule has 0 radical (unpaired) electrons. The molecule has 0 saturated heterocycles. The molecule has 0 fully saturated rings. The number of hydrogen-bond donors (Lipinski definition) is 3. The Bertz CT molecular complexity index is 745. The van der Waals surface area contributed by atoms with Crippen LogP contribution in [-0.2, 0) is 0 Å². The van der Waals surface area contributed by atoms with E-state index in [4.69, 9.17) is 0 Å². The maximum Gasteiger partial charge on any atom is 0.323 e. The minimum atomic E-state index is -0.190. The number of anilines is 1. The molecule has 0 amide bonds. The first-order chi connectivity index (χ1) is 9.22. The van der Waals surface area contributed by atoms with Crippen molar-refractivity contribution in [1.82, 2.24) is 15.0 Å². The fraction of sp³-hybridized carbons (Fsp3) is 0.143. The number of nitrogens with one attached hydrogen (secondary N) is 3. The number of nitrogens with zero attached hydrogens (tertiary/aromatic N) is 1. The molecule has 5 heteroatoms. The fourth-order valence-electron chi connectivity index (χ4n) is 2.08. The van der Waals surface area contributed by atoms with E-state index in [1.165, 1.54) is 0 Å². The molecular weight excluding hydrogens is 240 g/mol. The van der Waals surface area contributed by atoms with Crippen LogP contribution in [0.5, 0.6) is 0 Å². The maximum atomic E-state index is 11.2. The Morgan fingerprint density at radius 1 is 1.16 bits per heavy atom. The van der Waals surface area contributed by atoms with Crippen LogP contribution in [0, 0.1) is 0 Å². The van der Waals surface area contributed by atoms with Crippen LogP contribution in [0.1, 0.15) is 18.7 Å². The molecule has 5 nitrogen and oxygen atoms in total. The van der Waals surface area contributed by atoms with Gasteiger partial charge in [-0.1, -0.05) is 6.07 Å². The third-order valence-corrected chi connectivity index (χ3v) is 3.03. The molecule has 2 heterocycles. The lowest BCUT2D eigenvalue weighted by atomic mass is 10.2. The zero-order valence-corrected chi connectivity index (χ0v) is 10.5. The Morgan fingerprint density at radius 3 is 2.79 bits per heavy atom. The monoisotopic (exact) mass is 254 g/mol. The summed E-state index contributed by atoms with van der Waals surface area (Å²) < 4.78 is 0. The minimum absolute atomic E-state index is 0.101. The quantitative estimate of drug-likeness (QED) is 0.672. The number of aromatic nitrogens is 3. The molecule has 1 unspecified atom stereocenters. The van der Waals surface area contributed by atoms with Gasteiger partial charge < -0.3 is 15.3 Å². The largest absolute Gasteiger partial charge is 0.377 e. The van der Waals surface area contributed by atoms with Gasteiger partial charge >= 0.3 is 5.69 Å². The molecular formula is C14H14N4O.